The zero-order valence-corrected chi connectivity index (χ0v) is 16.9. The Morgan fingerprint density at radius 3 is 2.42 bits per heavy atom. The van der Waals surface area contributed by atoms with Crippen molar-refractivity contribution in [3.05, 3.63) is 59.2 Å². The van der Waals surface area contributed by atoms with Crippen molar-refractivity contribution in [2.24, 2.45) is 5.14 Å². The number of hydrogen-bond acceptors (Lipinski definition) is 3. The van der Waals surface area contributed by atoms with Crippen LogP contribution in [0.5, 0.6) is 0 Å². The zero-order chi connectivity index (χ0) is 17.6. The predicted molar refractivity (Wildman–Crippen MR) is 105 cm³/mol. The van der Waals surface area contributed by atoms with Gasteiger partial charge in [0.2, 0.25) is 10.0 Å². The lowest BCUT2D eigenvalue weighted by Crippen LogP contribution is -2.16. The summed E-state index contributed by atoms with van der Waals surface area (Å²) in [6, 6.07) is 13.6. The van der Waals surface area contributed by atoms with Crippen molar-refractivity contribution >= 4 is 37.7 Å². The van der Waals surface area contributed by atoms with Crippen molar-refractivity contribution in [3.63, 3.8) is 0 Å². The average molecular weight is 428 g/mol. The van der Waals surface area contributed by atoms with Crippen LogP contribution >= 0.6 is 27.7 Å². The van der Waals surface area contributed by atoms with Gasteiger partial charge in [0.1, 0.15) is 0 Å². The molecule has 6 heteroatoms. The molecule has 24 heavy (non-hydrogen) atoms. The quantitative estimate of drug-likeness (QED) is 0.376. The van der Waals surface area contributed by atoms with Crippen molar-refractivity contribution in [2.45, 2.75) is 41.3 Å². The van der Waals surface area contributed by atoms with E-state index < -0.39 is 10.0 Å². The molecule has 0 spiro atoms. The molecule has 0 aliphatic heterocycles. The minimum absolute atomic E-state index is 0.238. The lowest BCUT2D eigenvalue weighted by molar-refractivity contribution is 0.596. The Morgan fingerprint density at radius 2 is 1.83 bits per heavy atom. The van der Waals surface area contributed by atoms with Crippen LogP contribution in [-0.2, 0) is 21.8 Å². The summed E-state index contributed by atoms with van der Waals surface area (Å²) in [7, 11) is -3.77. The van der Waals surface area contributed by atoms with Crippen LogP contribution in [0.15, 0.2) is 52.3 Å². The first-order chi connectivity index (χ1) is 11.5. The topological polar surface area (TPSA) is 60.2 Å². The Morgan fingerprint density at radius 1 is 1.12 bits per heavy atom. The van der Waals surface area contributed by atoms with Gasteiger partial charge in [-0.25, -0.2) is 13.6 Å². The summed E-state index contributed by atoms with van der Waals surface area (Å²) < 4.78 is 24.3. The molecule has 0 aliphatic rings. The van der Waals surface area contributed by atoms with Crippen molar-refractivity contribution in [1.82, 2.24) is 0 Å². The smallest absolute Gasteiger partial charge is 0.225 e. The average Bonchev–Trinajstić information content (AvgIpc) is 2.56. The lowest BCUT2D eigenvalue weighted by Gasteiger charge is -2.16. The molecule has 0 aromatic heterocycles. The molecule has 0 atom stereocenters. The van der Waals surface area contributed by atoms with Gasteiger partial charge in [-0.05, 0) is 47.4 Å². The minimum Gasteiger partial charge on any atom is -0.225 e. The van der Waals surface area contributed by atoms with Crippen molar-refractivity contribution in [2.75, 3.05) is 5.75 Å². The molecular formula is C18H22BrNO2S2. The molecule has 2 rings (SSSR count). The molecule has 0 fully saturated rings. The molecule has 130 valence electrons. The van der Waals surface area contributed by atoms with Gasteiger partial charge in [-0.1, -0.05) is 59.6 Å². The van der Waals surface area contributed by atoms with Crippen LogP contribution in [0.1, 0.15) is 36.5 Å². The highest BCUT2D eigenvalue weighted by Crippen LogP contribution is 2.32. The van der Waals surface area contributed by atoms with Gasteiger partial charge >= 0.3 is 0 Å². The van der Waals surface area contributed by atoms with Gasteiger partial charge in [0.25, 0.3) is 0 Å². The standard InChI is InChI=1S/C18H22BrNO2S2/c1-2-3-9-23-17-11-15(13-19)12-18(24(20,21)22)16(17)10-14-7-5-4-6-8-14/h4-8,11-12H,2-3,9-10,13H2,1H3,(H2,20,21,22). The molecule has 0 radical (unpaired) electrons. The van der Waals surface area contributed by atoms with Gasteiger partial charge in [-0.15, -0.1) is 11.8 Å². The Hall–Kier alpha value is -0.820. The Balaban J connectivity index is 2.53. The number of hydrogen-bond donors (Lipinski definition) is 1. The molecule has 2 aromatic rings. The van der Waals surface area contributed by atoms with Crippen LogP contribution in [0.4, 0.5) is 0 Å². The van der Waals surface area contributed by atoms with Crippen LogP contribution in [-0.4, -0.2) is 14.2 Å². The van der Waals surface area contributed by atoms with Crippen LogP contribution in [0.2, 0.25) is 0 Å². The van der Waals surface area contributed by atoms with E-state index in [1.807, 2.05) is 30.3 Å². The number of rotatable bonds is 8. The molecule has 2 aromatic carbocycles. The second-order valence-electron chi connectivity index (χ2n) is 5.61. The molecule has 3 nitrogen and oxygen atoms in total. The summed E-state index contributed by atoms with van der Waals surface area (Å²) in [5, 5.41) is 6.11. The first-order valence-electron chi connectivity index (χ1n) is 7.87. The van der Waals surface area contributed by atoms with Gasteiger partial charge in [-0.3, -0.25) is 0 Å². The SMILES string of the molecule is CCCCSc1cc(CBr)cc(S(N)(=O)=O)c1Cc1ccccc1. The molecule has 0 saturated heterocycles. The number of alkyl halides is 1. The third-order valence-electron chi connectivity index (χ3n) is 3.67. The van der Waals surface area contributed by atoms with Crippen molar-refractivity contribution in [1.29, 1.82) is 0 Å². The normalized spacial score (nSPS) is 11.6. The van der Waals surface area contributed by atoms with E-state index in [0.29, 0.717) is 11.8 Å². The van der Waals surface area contributed by atoms with Crippen LogP contribution < -0.4 is 5.14 Å². The largest absolute Gasteiger partial charge is 0.238 e. The maximum Gasteiger partial charge on any atom is 0.238 e. The molecule has 0 unspecified atom stereocenters. The summed E-state index contributed by atoms with van der Waals surface area (Å²) >= 11 is 5.13. The number of benzene rings is 2. The molecule has 0 saturated carbocycles. The molecular weight excluding hydrogens is 406 g/mol. The first-order valence-corrected chi connectivity index (χ1v) is 11.5. The fourth-order valence-electron chi connectivity index (χ4n) is 2.43. The predicted octanol–water partition coefficient (Wildman–Crippen LogP) is 4.71. The van der Waals surface area contributed by atoms with Crippen LogP contribution in [0.25, 0.3) is 0 Å². The van der Waals surface area contributed by atoms with Crippen molar-refractivity contribution < 1.29 is 8.42 Å². The van der Waals surface area contributed by atoms with Gasteiger partial charge in [0, 0.05) is 10.2 Å². The fourth-order valence-corrected chi connectivity index (χ4v) is 4.91. The van der Waals surface area contributed by atoms with Crippen LogP contribution in [0, 0.1) is 0 Å². The van der Waals surface area contributed by atoms with E-state index in [9.17, 15) is 8.42 Å². The number of unbranched alkanes of at least 4 members (excludes halogenated alkanes) is 1. The van der Waals surface area contributed by atoms with E-state index in [2.05, 4.69) is 28.9 Å². The molecule has 2 N–H and O–H groups in total. The summed E-state index contributed by atoms with van der Waals surface area (Å²) in [5.41, 5.74) is 2.80. The van der Waals surface area contributed by atoms with Gasteiger partial charge in [0.15, 0.2) is 0 Å². The summed E-state index contributed by atoms with van der Waals surface area (Å²) in [4.78, 5) is 1.25. The van der Waals surface area contributed by atoms with Gasteiger partial charge < -0.3 is 0 Å². The van der Waals surface area contributed by atoms with E-state index >= 15 is 0 Å². The minimum atomic E-state index is -3.77. The zero-order valence-electron chi connectivity index (χ0n) is 13.7. The van der Waals surface area contributed by atoms with Gasteiger partial charge in [0.05, 0.1) is 4.90 Å². The maximum atomic E-state index is 12.1. The second kappa shape index (κ2) is 9.04. The van der Waals surface area contributed by atoms with E-state index in [1.54, 1.807) is 17.8 Å². The van der Waals surface area contributed by atoms with E-state index in [0.717, 1.165) is 40.2 Å². The lowest BCUT2D eigenvalue weighted by atomic mass is 10.0. The Kier molecular flexibility index (Phi) is 7.34. The first kappa shape index (κ1) is 19.5. The third kappa shape index (κ3) is 5.34. The number of nitrogens with two attached hydrogens (primary N) is 1. The highest BCUT2D eigenvalue weighted by molar-refractivity contribution is 9.08. The van der Waals surface area contributed by atoms with Gasteiger partial charge in [-0.2, -0.15) is 0 Å². The maximum absolute atomic E-state index is 12.1. The van der Waals surface area contributed by atoms with E-state index in [-0.39, 0.29) is 4.90 Å². The number of halogens is 1. The molecule has 0 amide bonds. The van der Waals surface area contributed by atoms with Crippen molar-refractivity contribution in [3.8, 4) is 0 Å². The monoisotopic (exact) mass is 427 g/mol. The van der Waals surface area contributed by atoms with E-state index in [4.69, 9.17) is 5.14 Å². The number of thioether (sulfide) groups is 1. The fraction of sp³-hybridized carbons (Fsp3) is 0.333. The summed E-state index contributed by atoms with van der Waals surface area (Å²) in [6.07, 6.45) is 2.77. The Bertz CT molecular complexity index is 777. The van der Waals surface area contributed by atoms with Crippen LogP contribution in [0.3, 0.4) is 0 Å². The third-order valence-corrected chi connectivity index (χ3v) is 6.46. The highest BCUT2D eigenvalue weighted by Gasteiger charge is 2.19. The molecule has 0 heterocycles. The highest BCUT2D eigenvalue weighted by atomic mass is 79.9. The summed E-state index contributed by atoms with van der Waals surface area (Å²) in [5.74, 6) is 0.966. The number of sulfonamides is 1. The molecule has 0 aliphatic carbocycles. The van der Waals surface area contributed by atoms with E-state index in [1.165, 1.54) is 0 Å². The Labute approximate surface area is 157 Å². The summed E-state index contributed by atoms with van der Waals surface area (Å²) in [6.45, 7) is 2.15. The second-order valence-corrected chi connectivity index (χ2v) is 8.84. The number of primary sulfonamides is 1. The molecule has 0 bridgehead atoms.